The molecule has 0 aliphatic rings. The van der Waals surface area contributed by atoms with Crippen LogP contribution < -0.4 is 20.7 Å². The molecule has 0 unspecified atom stereocenters. The summed E-state index contributed by atoms with van der Waals surface area (Å²) in [5, 5.41) is 8.24. The summed E-state index contributed by atoms with van der Waals surface area (Å²) in [4.78, 5) is 35.9. The smallest absolute Gasteiger partial charge is 0.407 e. The Morgan fingerprint density at radius 1 is 0.784 bits per heavy atom. The minimum Gasteiger partial charge on any atom is -0.494 e. The van der Waals surface area contributed by atoms with E-state index >= 15 is 0 Å². The Bertz CT molecular complexity index is 1020. The zero-order valence-corrected chi connectivity index (χ0v) is 22.9. The van der Waals surface area contributed by atoms with Crippen LogP contribution in [0.2, 0.25) is 0 Å². The molecule has 8 nitrogen and oxygen atoms in total. The second-order valence-corrected chi connectivity index (χ2v) is 10.9. The van der Waals surface area contributed by atoms with Crippen molar-refractivity contribution in [1.82, 2.24) is 10.6 Å². The third-order valence-electron chi connectivity index (χ3n) is 5.28. The topological polar surface area (TPSA) is 106 Å². The lowest BCUT2D eigenvalue weighted by atomic mass is 9.87. The number of hydrogen-bond acceptors (Lipinski definition) is 5. The Hall–Kier alpha value is -3.55. The van der Waals surface area contributed by atoms with Crippen molar-refractivity contribution in [2.45, 2.75) is 78.4 Å². The molecule has 0 heterocycles. The second-order valence-electron chi connectivity index (χ2n) is 10.9. The molecule has 0 atom stereocenters. The van der Waals surface area contributed by atoms with Crippen LogP contribution >= 0.6 is 0 Å². The average Bonchev–Trinajstić information content (AvgIpc) is 2.80. The van der Waals surface area contributed by atoms with Crippen molar-refractivity contribution < 1.29 is 23.9 Å². The SMILES string of the molecule is CC(C)(C)OC(=O)NCCC(=O)Nc1ccc(CNC(=O)CCCOc2ccc(C(C)(C)C)cc2)cc1. The van der Waals surface area contributed by atoms with Crippen LogP contribution in [-0.4, -0.2) is 36.7 Å². The first-order chi connectivity index (χ1) is 17.3. The van der Waals surface area contributed by atoms with Crippen LogP contribution in [0.15, 0.2) is 48.5 Å². The number of carbonyl (C=O) groups excluding carboxylic acids is 3. The van der Waals surface area contributed by atoms with E-state index in [1.165, 1.54) is 5.56 Å². The fourth-order valence-electron chi connectivity index (χ4n) is 3.28. The third-order valence-corrected chi connectivity index (χ3v) is 5.28. The van der Waals surface area contributed by atoms with Crippen molar-refractivity contribution in [1.29, 1.82) is 0 Å². The summed E-state index contributed by atoms with van der Waals surface area (Å²) in [5.41, 5.74) is 2.34. The molecular weight excluding hydrogens is 470 g/mol. The van der Waals surface area contributed by atoms with Gasteiger partial charge in [0.05, 0.1) is 6.61 Å². The molecule has 8 heteroatoms. The molecule has 0 spiro atoms. The van der Waals surface area contributed by atoms with Gasteiger partial charge in [-0.15, -0.1) is 0 Å². The predicted octanol–water partition coefficient (Wildman–Crippen LogP) is 5.31. The third kappa shape index (κ3) is 12.3. The molecule has 0 fully saturated rings. The van der Waals surface area contributed by atoms with E-state index in [1.807, 2.05) is 24.3 Å². The van der Waals surface area contributed by atoms with Crippen LogP contribution in [0.5, 0.6) is 5.75 Å². The number of carbonyl (C=O) groups is 3. The molecule has 3 N–H and O–H groups in total. The highest BCUT2D eigenvalue weighted by Crippen LogP contribution is 2.24. The second kappa shape index (κ2) is 13.7. The van der Waals surface area contributed by atoms with Gasteiger partial charge in [-0.3, -0.25) is 9.59 Å². The van der Waals surface area contributed by atoms with Crippen molar-refractivity contribution in [3.8, 4) is 5.75 Å². The van der Waals surface area contributed by atoms with Crippen LogP contribution in [-0.2, 0) is 26.3 Å². The van der Waals surface area contributed by atoms with Crippen molar-refractivity contribution >= 4 is 23.6 Å². The van der Waals surface area contributed by atoms with E-state index < -0.39 is 11.7 Å². The highest BCUT2D eigenvalue weighted by molar-refractivity contribution is 5.91. The molecule has 2 aromatic rings. The maximum Gasteiger partial charge on any atom is 0.407 e. The highest BCUT2D eigenvalue weighted by Gasteiger charge is 2.16. The van der Waals surface area contributed by atoms with Crippen LogP contribution in [0.3, 0.4) is 0 Å². The molecule has 3 amide bonds. The van der Waals surface area contributed by atoms with E-state index in [9.17, 15) is 14.4 Å². The van der Waals surface area contributed by atoms with Gasteiger partial charge in [0.25, 0.3) is 0 Å². The highest BCUT2D eigenvalue weighted by atomic mass is 16.6. The lowest BCUT2D eigenvalue weighted by Gasteiger charge is -2.19. The fourth-order valence-corrected chi connectivity index (χ4v) is 3.28. The molecule has 202 valence electrons. The molecule has 0 radical (unpaired) electrons. The van der Waals surface area contributed by atoms with Crippen molar-refractivity contribution in [2.75, 3.05) is 18.5 Å². The van der Waals surface area contributed by atoms with E-state index in [0.29, 0.717) is 31.7 Å². The Kier molecular flexibility index (Phi) is 11.0. The summed E-state index contributed by atoms with van der Waals surface area (Å²) in [5.74, 6) is 0.547. The summed E-state index contributed by atoms with van der Waals surface area (Å²) in [7, 11) is 0. The molecular formula is C29H41N3O5. The number of nitrogens with one attached hydrogen (secondary N) is 3. The van der Waals surface area contributed by atoms with Gasteiger partial charge in [0.1, 0.15) is 11.4 Å². The Morgan fingerprint density at radius 2 is 1.43 bits per heavy atom. The van der Waals surface area contributed by atoms with Crippen molar-refractivity contribution in [2.24, 2.45) is 0 Å². The van der Waals surface area contributed by atoms with Gasteiger partial charge in [0.15, 0.2) is 0 Å². The van der Waals surface area contributed by atoms with Crippen LogP contribution in [0, 0.1) is 0 Å². The van der Waals surface area contributed by atoms with Gasteiger partial charge in [-0.2, -0.15) is 0 Å². The van der Waals surface area contributed by atoms with Gasteiger partial charge in [0, 0.05) is 31.6 Å². The van der Waals surface area contributed by atoms with Crippen molar-refractivity contribution in [3.05, 3.63) is 59.7 Å². The molecule has 0 saturated heterocycles. The number of rotatable bonds is 11. The molecule has 2 rings (SSSR count). The Balaban J connectivity index is 1.61. The fraction of sp³-hybridized carbons (Fsp3) is 0.483. The predicted molar refractivity (Wildman–Crippen MR) is 146 cm³/mol. The van der Waals surface area contributed by atoms with Crippen LogP contribution in [0.25, 0.3) is 0 Å². The van der Waals surface area contributed by atoms with Gasteiger partial charge >= 0.3 is 6.09 Å². The zero-order valence-electron chi connectivity index (χ0n) is 22.9. The Labute approximate surface area is 220 Å². The first-order valence-corrected chi connectivity index (χ1v) is 12.7. The largest absolute Gasteiger partial charge is 0.494 e. The van der Waals surface area contributed by atoms with E-state index in [4.69, 9.17) is 9.47 Å². The van der Waals surface area contributed by atoms with Crippen LogP contribution in [0.1, 0.15) is 71.9 Å². The monoisotopic (exact) mass is 511 g/mol. The minimum atomic E-state index is -0.582. The minimum absolute atomic E-state index is 0.0402. The number of amides is 3. The summed E-state index contributed by atoms with van der Waals surface area (Å²) >= 11 is 0. The van der Waals surface area contributed by atoms with Crippen molar-refractivity contribution in [3.63, 3.8) is 0 Å². The van der Waals surface area contributed by atoms with Crippen LogP contribution in [0.4, 0.5) is 10.5 Å². The van der Waals surface area contributed by atoms with E-state index in [1.54, 1.807) is 32.9 Å². The molecule has 2 aromatic carbocycles. The number of alkyl carbamates (subject to hydrolysis) is 1. The standard InChI is InChI=1S/C29H41N3O5/c1-28(2,3)22-11-15-24(16-12-22)36-19-7-8-25(33)31-20-21-9-13-23(14-10-21)32-26(34)17-18-30-27(35)37-29(4,5)6/h9-16H,7-8,17-20H2,1-6H3,(H,30,35)(H,31,33)(H,32,34). The number of hydrogen-bond donors (Lipinski definition) is 3. The molecule has 0 aliphatic carbocycles. The number of benzene rings is 2. The van der Waals surface area contributed by atoms with Gasteiger partial charge in [-0.1, -0.05) is 45.0 Å². The summed E-state index contributed by atoms with van der Waals surface area (Å²) < 4.78 is 10.9. The Morgan fingerprint density at radius 3 is 2.03 bits per heavy atom. The van der Waals surface area contributed by atoms with Gasteiger partial charge < -0.3 is 25.4 Å². The first kappa shape index (κ1) is 29.7. The van der Waals surface area contributed by atoms with Gasteiger partial charge in [-0.05, 0) is 68.0 Å². The van der Waals surface area contributed by atoms with E-state index in [-0.39, 0.29) is 30.2 Å². The molecule has 0 saturated carbocycles. The lowest BCUT2D eigenvalue weighted by molar-refractivity contribution is -0.121. The van der Waals surface area contributed by atoms with E-state index in [0.717, 1.165) is 11.3 Å². The molecule has 0 aromatic heterocycles. The first-order valence-electron chi connectivity index (χ1n) is 12.7. The van der Waals surface area contributed by atoms with Gasteiger partial charge in [-0.25, -0.2) is 4.79 Å². The average molecular weight is 512 g/mol. The normalized spacial score (nSPS) is 11.4. The summed E-state index contributed by atoms with van der Waals surface area (Å²) in [6, 6.07) is 15.3. The molecule has 0 bridgehead atoms. The lowest BCUT2D eigenvalue weighted by Crippen LogP contribution is -2.34. The number of ether oxygens (including phenoxy) is 2. The zero-order chi connectivity index (χ0) is 27.5. The summed E-state index contributed by atoms with van der Waals surface area (Å²) in [6.45, 7) is 12.9. The van der Waals surface area contributed by atoms with Gasteiger partial charge in [0.2, 0.25) is 11.8 Å². The maximum atomic E-state index is 12.2. The maximum absolute atomic E-state index is 12.2. The molecule has 0 aliphatic heterocycles. The summed E-state index contributed by atoms with van der Waals surface area (Å²) in [6.07, 6.45) is 0.583. The van der Waals surface area contributed by atoms with E-state index in [2.05, 4.69) is 48.9 Å². The number of anilines is 1. The molecule has 37 heavy (non-hydrogen) atoms. The quantitative estimate of drug-likeness (QED) is 0.355.